The minimum absolute atomic E-state index is 0. The van der Waals surface area contributed by atoms with Crippen LogP contribution in [0.3, 0.4) is 0 Å². The Kier molecular flexibility index (Phi) is 8.41. The summed E-state index contributed by atoms with van der Waals surface area (Å²) in [7, 11) is -2.18. The second-order valence-electron chi connectivity index (χ2n) is 8.94. The van der Waals surface area contributed by atoms with Crippen LogP contribution >= 0.6 is 12.4 Å². The standard InChI is InChI=1S/C27H29N5O5S.ClH/c1-36-21-6-9-23(10-7-21)38(34,35)30-19-2-4-20(5-3-19)31-12-14-32(15-13-31)27(33)18-37-22-8-11-26-24(16-22)25(28)17-29-26;/h2-11,16-17,29-30H,12-15,18,28H2,1H3;1H. The van der Waals surface area contributed by atoms with Gasteiger partial charge in [0.25, 0.3) is 15.9 Å². The average molecular weight is 572 g/mol. The lowest BCUT2D eigenvalue weighted by atomic mass is 10.2. The summed E-state index contributed by atoms with van der Waals surface area (Å²) in [5.74, 6) is 1.11. The van der Waals surface area contributed by atoms with Crippen LogP contribution in [-0.4, -0.2) is 64.1 Å². The minimum atomic E-state index is -3.71. The van der Waals surface area contributed by atoms with Crippen molar-refractivity contribution in [1.29, 1.82) is 0 Å². The predicted octanol–water partition coefficient (Wildman–Crippen LogP) is 3.71. The fraction of sp³-hybridized carbons (Fsp3) is 0.222. The van der Waals surface area contributed by atoms with Crippen LogP contribution in [0.4, 0.5) is 17.1 Å². The molecule has 1 saturated heterocycles. The average Bonchev–Trinajstić information content (AvgIpc) is 3.32. The van der Waals surface area contributed by atoms with E-state index in [0.717, 1.165) is 16.6 Å². The quantitative estimate of drug-likeness (QED) is 0.294. The van der Waals surface area contributed by atoms with Crippen molar-refractivity contribution in [2.45, 2.75) is 4.90 Å². The third-order valence-corrected chi connectivity index (χ3v) is 7.93. The second kappa shape index (κ2) is 11.7. The molecule has 0 aliphatic carbocycles. The van der Waals surface area contributed by atoms with E-state index in [1.807, 2.05) is 30.3 Å². The van der Waals surface area contributed by atoms with Crippen molar-refractivity contribution in [1.82, 2.24) is 9.88 Å². The molecule has 1 amide bonds. The van der Waals surface area contributed by atoms with Gasteiger partial charge in [0.05, 0.1) is 17.7 Å². The Morgan fingerprint density at radius 1 is 0.974 bits per heavy atom. The van der Waals surface area contributed by atoms with E-state index in [1.54, 1.807) is 35.4 Å². The molecule has 39 heavy (non-hydrogen) atoms. The van der Waals surface area contributed by atoms with Gasteiger partial charge in [-0.15, -0.1) is 12.4 Å². The highest BCUT2D eigenvalue weighted by Crippen LogP contribution is 2.26. The number of H-pyrrole nitrogens is 1. The van der Waals surface area contributed by atoms with Gasteiger partial charge >= 0.3 is 0 Å². The van der Waals surface area contributed by atoms with Gasteiger partial charge in [-0.3, -0.25) is 9.52 Å². The number of nitrogens with two attached hydrogens (primary N) is 1. The number of hydrogen-bond acceptors (Lipinski definition) is 7. The van der Waals surface area contributed by atoms with Gasteiger partial charge in [-0.1, -0.05) is 0 Å². The molecule has 1 fully saturated rings. The molecule has 0 radical (unpaired) electrons. The number of methoxy groups -OCH3 is 1. The summed E-state index contributed by atoms with van der Waals surface area (Å²) in [5, 5.41) is 0.864. The molecular formula is C27H30ClN5O5S. The Morgan fingerprint density at radius 2 is 1.64 bits per heavy atom. The van der Waals surface area contributed by atoms with E-state index >= 15 is 0 Å². The van der Waals surface area contributed by atoms with E-state index in [1.165, 1.54) is 19.2 Å². The molecule has 2 heterocycles. The third-order valence-electron chi connectivity index (χ3n) is 6.53. The number of aromatic amines is 1. The number of ether oxygens (including phenoxy) is 2. The number of halogens is 1. The molecule has 5 rings (SSSR count). The molecule has 4 N–H and O–H groups in total. The first-order valence-corrected chi connectivity index (χ1v) is 13.6. The Morgan fingerprint density at radius 3 is 2.31 bits per heavy atom. The molecule has 0 bridgehead atoms. The van der Waals surface area contributed by atoms with Crippen LogP contribution in [0.25, 0.3) is 10.9 Å². The van der Waals surface area contributed by atoms with E-state index in [-0.39, 0.29) is 29.8 Å². The lowest BCUT2D eigenvalue weighted by molar-refractivity contribution is -0.133. The zero-order valence-corrected chi connectivity index (χ0v) is 22.9. The number of hydrogen-bond donors (Lipinski definition) is 3. The van der Waals surface area contributed by atoms with Crippen LogP contribution in [-0.2, 0) is 14.8 Å². The van der Waals surface area contributed by atoms with Crippen LogP contribution in [0.15, 0.2) is 77.8 Å². The molecule has 0 saturated carbocycles. The summed E-state index contributed by atoms with van der Waals surface area (Å²) in [6.07, 6.45) is 1.73. The molecule has 0 spiro atoms. The van der Waals surface area contributed by atoms with E-state index in [9.17, 15) is 13.2 Å². The summed E-state index contributed by atoms with van der Waals surface area (Å²) >= 11 is 0. The van der Waals surface area contributed by atoms with E-state index in [0.29, 0.717) is 49.1 Å². The van der Waals surface area contributed by atoms with E-state index in [2.05, 4.69) is 14.6 Å². The lowest BCUT2D eigenvalue weighted by Crippen LogP contribution is -2.50. The Labute approximate surface area is 233 Å². The van der Waals surface area contributed by atoms with Crippen LogP contribution < -0.4 is 24.8 Å². The fourth-order valence-corrected chi connectivity index (χ4v) is 5.43. The molecule has 206 valence electrons. The number of carbonyl (C=O) groups is 1. The van der Waals surface area contributed by atoms with Crippen molar-refractivity contribution in [3.05, 3.63) is 72.9 Å². The highest BCUT2D eigenvalue weighted by Gasteiger charge is 2.22. The number of benzene rings is 3. The van der Waals surface area contributed by atoms with Crippen molar-refractivity contribution in [2.24, 2.45) is 0 Å². The smallest absolute Gasteiger partial charge is 0.261 e. The molecule has 10 nitrogen and oxygen atoms in total. The molecular weight excluding hydrogens is 542 g/mol. The van der Waals surface area contributed by atoms with Crippen molar-refractivity contribution >= 4 is 56.3 Å². The molecule has 1 aliphatic heterocycles. The van der Waals surface area contributed by atoms with Crippen molar-refractivity contribution < 1.29 is 22.7 Å². The fourth-order valence-electron chi connectivity index (χ4n) is 4.37. The monoisotopic (exact) mass is 571 g/mol. The van der Waals surface area contributed by atoms with Gasteiger partial charge in [-0.05, 0) is 66.7 Å². The number of amides is 1. The highest BCUT2D eigenvalue weighted by atomic mass is 35.5. The molecule has 4 aromatic rings. The number of nitrogens with one attached hydrogen (secondary N) is 2. The van der Waals surface area contributed by atoms with Gasteiger partial charge in [-0.2, -0.15) is 0 Å². The van der Waals surface area contributed by atoms with Crippen LogP contribution in [0.1, 0.15) is 0 Å². The molecule has 3 aromatic carbocycles. The maximum absolute atomic E-state index is 12.7. The number of sulfonamides is 1. The highest BCUT2D eigenvalue weighted by molar-refractivity contribution is 7.92. The van der Waals surface area contributed by atoms with Gasteiger partial charge < -0.3 is 30.0 Å². The van der Waals surface area contributed by atoms with Crippen molar-refractivity contribution in [3.63, 3.8) is 0 Å². The van der Waals surface area contributed by atoms with E-state index in [4.69, 9.17) is 15.2 Å². The first kappa shape index (κ1) is 27.9. The van der Waals surface area contributed by atoms with Crippen LogP contribution in [0.2, 0.25) is 0 Å². The van der Waals surface area contributed by atoms with Gasteiger partial charge in [0, 0.05) is 54.7 Å². The summed E-state index contributed by atoms with van der Waals surface area (Å²) in [5.41, 5.74) is 8.92. The largest absolute Gasteiger partial charge is 0.497 e. The number of piperazine rings is 1. The normalized spacial score (nSPS) is 13.6. The lowest BCUT2D eigenvalue weighted by Gasteiger charge is -2.36. The number of nitrogen functional groups attached to an aromatic ring is 1. The summed E-state index contributed by atoms with van der Waals surface area (Å²) in [6.45, 7) is 2.41. The van der Waals surface area contributed by atoms with E-state index < -0.39 is 10.0 Å². The maximum atomic E-state index is 12.7. The number of rotatable bonds is 8. The first-order valence-electron chi connectivity index (χ1n) is 12.1. The Hall–Kier alpha value is -4.09. The topological polar surface area (TPSA) is 130 Å². The summed E-state index contributed by atoms with van der Waals surface area (Å²) in [6, 6.07) is 18.9. The molecule has 0 unspecified atom stereocenters. The molecule has 1 aliphatic rings. The number of fused-ring (bicyclic) bond motifs is 1. The molecule has 0 atom stereocenters. The minimum Gasteiger partial charge on any atom is -0.497 e. The van der Waals surface area contributed by atoms with Gasteiger partial charge in [-0.25, -0.2) is 8.42 Å². The van der Waals surface area contributed by atoms with Crippen molar-refractivity contribution in [3.8, 4) is 11.5 Å². The second-order valence-corrected chi connectivity index (χ2v) is 10.6. The summed E-state index contributed by atoms with van der Waals surface area (Å²) in [4.78, 5) is 19.9. The van der Waals surface area contributed by atoms with Gasteiger partial charge in [0.2, 0.25) is 0 Å². The number of aromatic nitrogens is 1. The maximum Gasteiger partial charge on any atom is 0.261 e. The SMILES string of the molecule is COc1ccc(S(=O)(=O)Nc2ccc(N3CCN(C(=O)COc4ccc5[nH]cc(N)c5c4)CC3)cc2)cc1.Cl. The predicted molar refractivity (Wildman–Crippen MR) is 154 cm³/mol. The number of anilines is 3. The number of carbonyl (C=O) groups excluding carboxylic acids is 1. The molecule has 1 aromatic heterocycles. The van der Waals surface area contributed by atoms with Gasteiger partial charge in [0.1, 0.15) is 11.5 Å². The number of nitrogens with zero attached hydrogens (tertiary/aromatic N) is 2. The Balaban J connectivity index is 0.00000353. The zero-order chi connectivity index (χ0) is 26.7. The molecule has 12 heteroatoms. The zero-order valence-electron chi connectivity index (χ0n) is 21.3. The van der Waals surface area contributed by atoms with Crippen LogP contribution in [0, 0.1) is 0 Å². The van der Waals surface area contributed by atoms with Gasteiger partial charge in [0.15, 0.2) is 6.61 Å². The van der Waals surface area contributed by atoms with Crippen LogP contribution in [0.5, 0.6) is 11.5 Å². The van der Waals surface area contributed by atoms with Crippen molar-refractivity contribution in [2.75, 3.05) is 55.3 Å². The summed E-state index contributed by atoms with van der Waals surface area (Å²) < 4.78 is 38.8. The first-order chi connectivity index (χ1) is 18.3. The third kappa shape index (κ3) is 6.32. The Bertz CT molecular complexity index is 1530.